The summed E-state index contributed by atoms with van der Waals surface area (Å²) >= 11 is 0. The first-order valence-corrected chi connectivity index (χ1v) is 8.76. The maximum Gasteiger partial charge on any atom is 0.345 e. The van der Waals surface area contributed by atoms with E-state index < -0.39 is 17.8 Å². The number of para-hydroxylation sites is 2. The molecule has 0 aliphatic rings. The SMILES string of the molecule is C=CCN(CC=C)C(=O)n1c(=O)n(C(=O)N(CC=C)CC=C)c2ccccc21. The smallest absolute Gasteiger partial charge is 0.317 e. The largest absolute Gasteiger partial charge is 0.345 e. The number of hydrogen-bond acceptors (Lipinski definition) is 3. The van der Waals surface area contributed by atoms with Crippen molar-refractivity contribution in [3.8, 4) is 0 Å². The van der Waals surface area contributed by atoms with E-state index in [0.29, 0.717) is 11.0 Å². The summed E-state index contributed by atoms with van der Waals surface area (Å²) in [5.41, 5.74) is -0.0327. The molecule has 28 heavy (non-hydrogen) atoms. The second-order valence-corrected chi connectivity index (χ2v) is 5.97. The van der Waals surface area contributed by atoms with Gasteiger partial charge in [-0.15, -0.1) is 26.3 Å². The molecule has 2 amide bonds. The number of imidazole rings is 1. The van der Waals surface area contributed by atoms with Crippen LogP contribution in [0.3, 0.4) is 0 Å². The van der Waals surface area contributed by atoms with Gasteiger partial charge in [-0.2, -0.15) is 0 Å². The molecular weight excluding hydrogens is 356 g/mol. The van der Waals surface area contributed by atoms with Gasteiger partial charge >= 0.3 is 17.8 Å². The molecule has 1 aromatic carbocycles. The zero-order valence-electron chi connectivity index (χ0n) is 15.8. The van der Waals surface area contributed by atoms with Crippen LogP contribution < -0.4 is 5.69 Å². The van der Waals surface area contributed by atoms with E-state index in [1.54, 1.807) is 48.6 Å². The van der Waals surface area contributed by atoms with E-state index in [9.17, 15) is 14.4 Å². The van der Waals surface area contributed by atoms with Crippen LogP contribution in [0.1, 0.15) is 0 Å². The zero-order chi connectivity index (χ0) is 20.7. The Labute approximate surface area is 163 Å². The maximum absolute atomic E-state index is 13.1. The summed E-state index contributed by atoms with van der Waals surface area (Å²) in [6, 6.07) is 5.57. The van der Waals surface area contributed by atoms with Crippen molar-refractivity contribution in [1.82, 2.24) is 18.9 Å². The molecular formula is C21H24N4O3. The van der Waals surface area contributed by atoms with E-state index in [1.807, 2.05) is 0 Å². The van der Waals surface area contributed by atoms with Crippen molar-refractivity contribution in [2.75, 3.05) is 26.2 Å². The average Bonchev–Trinajstić information content (AvgIpc) is 2.98. The number of carbonyl (C=O) groups is 2. The van der Waals surface area contributed by atoms with Crippen LogP contribution in [0, 0.1) is 0 Å². The second kappa shape index (κ2) is 9.36. The number of nitrogens with zero attached hydrogens (tertiary/aromatic N) is 4. The van der Waals surface area contributed by atoms with Gasteiger partial charge in [0.15, 0.2) is 0 Å². The first kappa shape index (κ1) is 20.7. The fourth-order valence-corrected chi connectivity index (χ4v) is 2.89. The normalized spacial score (nSPS) is 10.3. The van der Waals surface area contributed by atoms with Gasteiger partial charge in [0.25, 0.3) is 0 Å². The molecule has 0 unspecified atom stereocenters. The van der Waals surface area contributed by atoms with Crippen LogP contribution >= 0.6 is 0 Å². The van der Waals surface area contributed by atoms with Crippen molar-refractivity contribution in [2.45, 2.75) is 0 Å². The summed E-state index contributed by atoms with van der Waals surface area (Å²) in [6.45, 7) is 15.5. The highest BCUT2D eigenvalue weighted by molar-refractivity contribution is 5.95. The predicted molar refractivity (Wildman–Crippen MR) is 112 cm³/mol. The van der Waals surface area contributed by atoms with Crippen LogP contribution in [0.25, 0.3) is 11.0 Å². The third kappa shape index (κ3) is 3.88. The van der Waals surface area contributed by atoms with Gasteiger partial charge in [-0.25, -0.2) is 23.5 Å². The fraction of sp³-hybridized carbons (Fsp3) is 0.190. The van der Waals surface area contributed by atoms with Crippen molar-refractivity contribution < 1.29 is 9.59 Å². The summed E-state index contributed by atoms with van der Waals surface area (Å²) in [5, 5.41) is 0. The van der Waals surface area contributed by atoms with E-state index in [2.05, 4.69) is 26.3 Å². The molecule has 0 aliphatic heterocycles. The average molecular weight is 380 g/mol. The van der Waals surface area contributed by atoms with Gasteiger partial charge in [0, 0.05) is 26.2 Å². The van der Waals surface area contributed by atoms with Crippen LogP contribution in [0.5, 0.6) is 0 Å². The zero-order valence-corrected chi connectivity index (χ0v) is 15.8. The Morgan fingerprint density at radius 2 is 1.07 bits per heavy atom. The molecule has 0 fully saturated rings. The topological polar surface area (TPSA) is 67.5 Å². The lowest BCUT2D eigenvalue weighted by atomic mass is 10.3. The van der Waals surface area contributed by atoms with Gasteiger partial charge in [-0.3, -0.25) is 0 Å². The van der Waals surface area contributed by atoms with Crippen LogP contribution in [-0.4, -0.2) is 57.2 Å². The molecule has 0 N–H and O–H groups in total. The minimum atomic E-state index is -0.729. The molecule has 0 saturated carbocycles. The Bertz CT molecular complexity index is 887. The molecule has 0 spiro atoms. The lowest BCUT2D eigenvalue weighted by Crippen LogP contribution is -2.44. The quantitative estimate of drug-likeness (QED) is 0.661. The summed E-state index contributed by atoms with van der Waals surface area (Å²) in [6.07, 6.45) is 6.25. The lowest BCUT2D eigenvalue weighted by molar-refractivity contribution is 0.206. The second-order valence-electron chi connectivity index (χ2n) is 5.97. The number of aromatic nitrogens is 2. The van der Waals surface area contributed by atoms with Gasteiger partial charge in [-0.1, -0.05) is 36.4 Å². The Kier molecular flexibility index (Phi) is 6.92. The van der Waals surface area contributed by atoms with Crippen molar-refractivity contribution in [2.24, 2.45) is 0 Å². The minimum Gasteiger partial charge on any atom is -0.317 e. The van der Waals surface area contributed by atoms with Crippen molar-refractivity contribution in [3.05, 3.63) is 85.4 Å². The number of amides is 2. The molecule has 146 valence electrons. The Morgan fingerprint density at radius 3 is 1.36 bits per heavy atom. The molecule has 7 heteroatoms. The molecule has 2 rings (SSSR count). The Hall–Kier alpha value is -3.61. The highest BCUT2D eigenvalue weighted by atomic mass is 16.2. The van der Waals surface area contributed by atoms with E-state index in [-0.39, 0.29) is 26.2 Å². The monoisotopic (exact) mass is 380 g/mol. The van der Waals surface area contributed by atoms with Gasteiger partial charge < -0.3 is 9.80 Å². The van der Waals surface area contributed by atoms with Gasteiger partial charge in [0.05, 0.1) is 11.0 Å². The molecule has 0 aliphatic carbocycles. The third-order valence-corrected chi connectivity index (χ3v) is 4.07. The highest BCUT2D eigenvalue weighted by Gasteiger charge is 2.26. The van der Waals surface area contributed by atoms with Crippen molar-refractivity contribution in [3.63, 3.8) is 0 Å². The molecule has 0 atom stereocenters. The summed E-state index contributed by atoms with van der Waals surface area (Å²) in [5.74, 6) is 0. The molecule has 7 nitrogen and oxygen atoms in total. The molecule has 1 heterocycles. The summed E-state index contributed by atoms with van der Waals surface area (Å²) in [4.78, 5) is 42.0. The number of fused-ring (bicyclic) bond motifs is 1. The van der Waals surface area contributed by atoms with Gasteiger partial charge in [0.1, 0.15) is 0 Å². The van der Waals surface area contributed by atoms with Crippen LogP contribution in [0.2, 0.25) is 0 Å². The third-order valence-electron chi connectivity index (χ3n) is 4.07. The highest BCUT2D eigenvalue weighted by Crippen LogP contribution is 2.15. The molecule has 0 bridgehead atoms. The molecule has 1 aromatic heterocycles. The lowest BCUT2D eigenvalue weighted by Gasteiger charge is -2.20. The standard InChI is InChI=1S/C21H24N4O3/c1-5-13-22(14-6-2)19(26)24-17-11-9-10-12-18(17)25(21(24)28)20(27)23(15-7-3)16-8-4/h5-12H,1-4,13-16H2. The first-order valence-electron chi connectivity index (χ1n) is 8.76. The minimum absolute atomic E-state index is 0.240. The predicted octanol–water partition coefficient (Wildman–Crippen LogP) is 3.09. The van der Waals surface area contributed by atoms with Crippen LogP contribution in [0.4, 0.5) is 9.59 Å². The maximum atomic E-state index is 13.1. The van der Waals surface area contributed by atoms with Gasteiger partial charge in [-0.05, 0) is 12.1 Å². The van der Waals surface area contributed by atoms with Crippen molar-refractivity contribution in [1.29, 1.82) is 0 Å². The number of carbonyl (C=O) groups excluding carboxylic acids is 2. The number of hydrogen-bond donors (Lipinski definition) is 0. The van der Waals surface area contributed by atoms with E-state index in [0.717, 1.165) is 9.13 Å². The van der Waals surface area contributed by atoms with E-state index in [4.69, 9.17) is 0 Å². The summed E-state index contributed by atoms with van der Waals surface area (Å²) < 4.78 is 2.00. The molecule has 0 radical (unpaired) electrons. The first-order chi connectivity index (χ1) is 13.5. The van der Waals surface area contributed by atoms with E-state index >= 15 is 0 Å². The molecule has 0 saturated heterocycles. The van der Waals surface area contributed by atoms with E-state index in [1.165, 1.54) is 9.80 Å². The fourth-order valence-electron chi connectivity index (χ4n) is 2.89. The van der Waals surface area contributed by atoms with Crippen LogP contribution in [-0.2, 0) is 0 Å². The van der Waals surface area contributed by atoms with Crippen molar-refractivity contribution >= 4 is 23.1 Å². The Morgan fingerprint density at radius 1 is 0.750 bits per heavy atom. The number of rotatable bonds is 8. The number of benzene rings is 1. The summed E-state index contributed by atoms with van der Waals surface area (Å²) in [7, 11) is 0. The Balaban J connectivity index is 2.67. The molecule has 2 aromatic rings. The van der Waals surface area contributed by atoms with Gasteiger partial charge in [0.2, 0.25) is 0 Å². The van der Waals surface area contributed by atoms with Crippen LogP contribution in [0.15, 0.2) is 79.7 Å².